The number of aromatic nitrogens is 6. The van der Waals surface area contributed by atoms with E-state index in [1.54, 1.807) is 49.2 Å². The molecule has 0 aliphatic carbocycles. The van der Waals surface area contributed by atoms with Crippen LogP contribution in [0.5, 0.6) is 5.75 Å². The molecule has 3 N–H and O–H groups in total. The summed E-state index contributed by atoms with van der Waals surface area (Å²) in [4.78, 5) is 23.1. The van der Waals surface area contributed by atoms with E-state index >= 15 is 0 Å². The van der Waals surface area contributed by atoms with Crippen molar-refractivity contribution in [2.45, 2.75) is 30.9 Å². The number of Topliss-reactive ketones (excluding diaryl/α,β-unsaturated/α-hetero) is 1. The molecule has 4 aromatic heterocycles. The molecule has 1 atom stereocenters. The van der Waals surface area contributed by atoms with Crippen molar-refractivity contribution in [1.29, 1.82) is 0 Å². The van der Waals surface area contributed by atoms with Crippen molar-refractivity contribution in [3.05, 3.63) is 54.4 Å². The Morgan fingerprint density at radius 3 is 2.65 bits per heavy atom. The number of nitrogens with two attached hydrogens (primary N) is 1. The van der Waals surface area contributed by atoms with Crippen molar-refractivity contribution >= 4 is 28.4 Å². The van der Waals surface area contributed by atoms with Crippen molar-refractivity contribution in [2.75, 3.05) is 26.1 Å². The lowest BCUT2D eigenvalue weighted by molar-refractivity contribution is -0.182. The molecule has 1 saturated heterocycles. The van der Waals surface area contributed by atoms with Crippen molar-refractivity contribution in [1.82, 2.24) is 29.4 Å². The summed E-state index contributed by atoms with van der Waals surface area (Å²) in [6, 6.07) is 10.7. The van der Waals surface area contributed by atoms with Gasteiger partial charge in [0.2, 0.25) is 11.8 Å². The highest BCUT2D eigenvalue weighted by atomic mass is 16.5. The Balaban J connectivity index is 1.50. The van der Waals surface area contributed by atoms with Crippen LogP contribution in [-0.2, 0) is 15.1 Å². The number of fused-ring (bicyclic) bond motifs is 3. The standard InChI is InChI=1S/C25H25N7O5/c1-24(15-5-7-16(35-2)8-6-15,19(33)9-10-25(34)13-36-14-25)32-22-17(12-27-32)21-28-20(18-4-3-11-37-18)30-31(21)23(26)29-22/h3-8,11-12,34H,9-10,13-14H2,1-2H3,(H2,26,29). The molecule has 1 fully saturated rings. The van der Waals surface area contributed by atoms with E-state index in [-0.39, 0.29) is 37.8 Å². The molecule has 0 saturated carbocycles. The number of hydrogen-bond donors (Lipinski definition) is 2. The molecule has 12 heteroatoms. The average molecular weight is 504 g/mol. The molecule has 0 radical (unpaired) electrons. The highest BCUT2D eigenvalue weighted by molar-refractivity contribution is 5.95. The first-order valence-corrected chi connectivity index (χ1v) is 11.7. The van der Waals surface area contributed by atoms with E-state index in [0.29, 0.717) is 39.6 Å². The normalized spacial score (nSPS) is 16.5. The highest BCUT2D eigenvalue weighted by Gasteiger charge is 2.43. The van der Waals surface area contributed by atoms with Crippen LogP contribution in [0.2, 0.25) is 0 Å². The summed E-state index contributed by atoms with van der Waals surface area (Å²) in [6.45, 7) is 2.21. The van der Waals surface area contributed by atoms with Gasteiger partial charge < -0.3 is 24.7 Å². The van der Waals surface area contributed by atoms with Gasteiger partial charge in [0.1, 0.15) is 16.9 Å². The van der Waals surface area contributed by atoms with Crippen LogP contribution in [0.3, 0.4) is 0 Å². The first-order chi connectivity index (χ1) is 17.8. The SMILES string of the molecule is COc1ccc(C(C)(C(=O)CCC2(O)COC2)n2ncc3c2nc(N)n2nc(-c4ccco4)nc32)cc1. The van der Waals surface area contributed by atoms with Crippen LogP contribution in [0.15, 0.2) is 53.3 Å². The number of carbonyl (C=O) groups excluding carboxylic acids is 1. The van der Waals surface area contributed by atoms with Gasteiger partial charge in [-0.3, -0.25) is 4.79 Å². The number of ether oxygens (including phenoxy) is 2. The topological polar surface area (TPSA) is 156 Å². The largest absolute Gasteiger partial charge is 0.497 e. The molecule has 5 aromatic rings. The molecular formula is C25H25N7O5. The monoisotopic (exact) mass is 503 g/mol. The summed E-state index contributed by atoms with van der Waals surface area (Å²) in [7, 11) is 1.58. The second-order valence-corrected chi connectivity index (χ2v) is 9.35. The lowest BCUT2D eigenvalue weighted by Gasteiger charge is -2.37. The van der Waals surface area contributed by atoms with E-state index in [1.165, 1.54) is 10.8 Å². The fraction of sp³-hybridized carbons (Fsp3) is 0.320. The highest BCUT2D eigenvalue weighted by Crippen LogP contribution is 2.35. The molecule has 190 valence electrons. The van der Waals surface area contributed by atoms with Crippen LogP contribution < -0.4 is 10.5 Å². The van der Waals surface area contributed by atoms with Gasteiger partial charge >= 0.3 is 0 Å². The first kappa shape index (κ1) is 23.1. The van der Waals surface area contributed by atoms with Gasteiger partial charge in [0.15, 0.2) is 22.8 Å². The van der Waals surface area contributed by atoms with E-state index in [9.17, 15) is 9.90 Å². The molecule has 5 heterocycles. The Morgan fingerprint density at radius 1 is 1.22 bits per heavy atom. The van der Waals surface area contributed by atoms with Crippen LogP contribution in [0.25, 0.3) is 28.3 Å². The zero-order valence-electron chi connectivity index (χ0n) is 20.3. The number of aliphatic hydroxyl groups is 1. The Bertz CT molecular complexity index is 1600. The Hall–Kier alpha value is -4.29. The zero-order valence-corrected chi connectivity index (χ0v) is 20.3. The summed E-state index contributed by atoms with van der Waals surface area (Å²) in [5.74, 6) is 1.42. The number of nitrogens with zero attached hydrogens (tertiary/aromatic N) is 6. The number of benzene rings is 1. The predicted molar refractivity (Wildman–Crippen MR) is 132 cm³/mol. The Labute approximate surface area is 210 Å². The molecule has 0 amide bonds. The van der Waals surface area contributed by atoms with E-state index < -0.39 is 11.1 Å². The van der Waals surface area contributed by atoms with Crippen LogP contribution in [0.4, 0.5) is 5.95 Å². The fourth-order valence-corrected chi connectivity index (χ4v) is 4.64. The smallest absolute Gasteiger partial charge is 0.225 e. The second kappa shape index (κ2) is 8.39. The minimum absolute atomic E-state index is 0.0833. The van der Waals surface area contributed by atoms with E-state index in [0.717, 1.165) is 0 Å². The molecule has 0 spiro atoms. The summed E-state index contributed by atoms with van der Waals surface area (Å²) >= 11 is 0. The van der Waals surface area contributed by atoms with Crippen LogP contribution in [-0.4, -0.2) is 66.2 Å². The van der Waals surface area contributed by atoms with Crippen molar-refractivity contribution in [2.24, 2.45) is 0 Å². The molecule has 1 aliphatic rings. The van der Waals surface area contributed by atoms with Crippen molar-refractivity contribution < 1.29 is 23.8 Å². The number of furan rings is 1. The van der Waals surface area contributed by atoms with E-state index in [2.05, 4.69) is 20.2 Å². The number of carbonyl (C=O) groups is 1. The molecule has 1 aromatic carbocycles. The molecule has 1 aliphatic heterocycles. The molecule has 1 unspecified atom stereocenters. The van der Waals surface area contributed by atoms with Gasteiger partial charge in [0.05, 0.1) is 38.2 Å². The van der Waals surface area contributed by atoms with Gasteiger partial charge in [-0.2, -0.15) is 14.6 Å². The zero-order chi connectivity index (χ0) is 25.8. The summed E-state index contributed by atoms with van der Waals surface area (Å²) in [6.07, 6.45) is 3.51. The van der Waals surface area contributed by atoms with E-state index in [1.807, 2.05) is 12.1 Å². The maximum absolute atomic E-state index is 13.9. The lowest BCUT2D eigenvalue weighted by atomic mass is 9.83. The number of nitrogen functional groups attached to an aromatic ring is 1. The second-order valence-electron chi connectivity index (χ2n) is 9.35. The third kappa shape index (κ3) is 3.64. The average Bonchev–Trinajstić information content (AvgIpc) is 3.65. The maximum atomic E-state index is 13.9. The number of methoxy groups -OCH3 is 1. The molecule has 12 nitrogen and oxygen atoms in total. The Morgan fingerprint density at radius 2 is 2.00 bits per heavy atom. The minimum Gasteiger partial charge on any atom is -0.497 e. The summed E-state index contributed by atoms with van der Waals surface area (Å²) in [5.41, 5.74) is 5.51. The number of hydrogen-bond acceptors (Lipinski definition) is 10. The first-order valence-electron chi connectivity index (χ1n) is 11.7. The maximum Gasteiger partial charge on any atom is 0.225 e. The fourth-order valence-electron chi connectivity index (χ4n) is 4.64. The number of anilines is 1. The van der Waals surface area contributed by atoms with Gasteiger partial charge in [-0.25, -0.2) is 9.67 Å². The number of rotatable bonds is 8. The molecule has 37 heavy (non-hydrogen) atoms. The summed E-state index contributed by atoms with van der Waals surface area (Å²) in [5, 5.41) is 20.1. The predicted octanol–water partition coefficient (Wildman–Crippen LogP) is 2.20. The Kier molecular flexibility index (Phi) is 5.24. The molecule has 0 bridgehead atoms. The summed E-state index contributed by atoms with van der Waals surface area (Å²) < 4.78 is 18.9. The van der Waals surface area contributed by atoms with Crippen LogP contribution >= 0.6 is 0 Å². The van der Waals surface area contributed by atoms with Gasteiger partial charge in [-0.1, -0.05) is 12.1 Å². The van der Waals surface area contributed by atoms with Gasteiger partial charge in [0, 0.05) is 6.42 Å². The quantitative estimate of drug-likeness (QED) is 0.322. The van der Waals surface area contributed by atoms with E-state index in [4.69, 9.17) is 19.6 Å². The molecular weight excluding hydrogens is 478 g/mol. The lowest BCUT2D eigenvalue weighted by Crippen LogP contribution is -2.50. The minimum atomic E-state index is -1.27. The molecule has 6 rings (SSSR count). The van der Waals surface area contributed by atoms with Gasteiger partial charge in [-0.15, -0.1) is 5.10 Å². The number of ketones is 1. The van der Waals surface area contributed by atoms with Crippen molar-refractivity contribution in [3.8, 4) is 17.3 Å². The van der Waals surface area contributed by atoms with Gasteiger partial charge in [-0.05, 0) is 43.2 Å². The van der Waals surface area contributed by atoms with Crippen molar-refractivity contribution in [3.63, 3.8) is 0 Å². The van der Waals surface area contributed by atoms with Crippen LogP contribution in [0.1, 0.15) is 25.3 Å². The third-order valence-electron chi connectivity index (χ3n) is 6.95. The third-order valence-corrected chi connectivity index (χ3v) is 6.95. The van der Waals surface area contributed by atoms with Crippen LogP contribution in [0, 0.1) is 0 Å². The van der Waals surface area contributed by atoms with Gasteiger partial charge in [0.25, 0.3) is 0 Å².